The fourth-order valence-electron chi connectivity index (χ4n) is 3.45. The Labute approximate surface area is 193 Å². The van der Waals surface area contributed by atoms with Crippen LogP contribution in [0.3, 0.4) is 0 Å². The Bertz CT molecular complexity index is 1410. The highest BCUT2D eigenvalue weighted by atomic mass is 32.2. The number of nitrogens with zero attached hydrogens (tertiary/aromatic N) is 5. The summed E-state index contributed by atoms with van der Waals surface area (Å²) in [5, 5.41) is 9.37. The van der Waals surface area contributed by atoms with E-state index < -0.39 is 0 Å². The quantitative estimate of drug-likeness (QED) is 0.236. The first-order chi connectivity index (χ1) is 15.7. The fraction of sp³-hybridized carbons (Fsp3) is 0.217. The van der Waals surface area contributed by atoms with Gasteiger partial charge in [0.05, 0.1) is 24.9 Å². The third kappa shape index (κ3) is 3.89. The molecule has 0 aliphatic rings. The Hall–Kier alpha value is -3.17. The highest BCUT2D eigenvalue weighted by Gasteiger charge is 2.14. The number of rotatable bonds is 7. The van der Waals surface area contributed by atoms with Gasteiger partial charge in [-0.25, -0.2) is 15.0 Å². The number of methoxy groups -OCH3 is 1. The van der Waals surface area contributed by atoms with Crippen LogP contribution < -0.4 is 9.47 Å². The molecule has 32 heavy (non-hydrogen) atoms. The Balaban J connectivity index is 1.40. The summed E-state index contributed by atoms with van der Waals surface area (Å²) in [4.78, 5) is 14.2. The molecule has 0 saturated heterocycles. The van der Waals surface area contributed by atoms with Gasteiger partial charge in [0.2, 0.25) is 0 Å². The maximum atomic E-state index is 5.61. The number of para-hydroxylation sites is 1. The largest absolute Gasteiger partial charge is 0.493 e. The molecule has 5 rings (SSSR count). The SMILES string of the molecule is CCOc1ccc(-c2nc(CSc3nc4ccccc4c4nc(C)nn34)cs2)cc1OC. The standard InChI is InChI=1S/C23H21N5O2S2/c1-4-30-19-10-9-15(11-20(19)29-3)22-25-16(12-31-22)13-32-23-26-18-8-6-5-7-17(18)21-24-14(2)27-28(21)23/h5-12H,4,13H2,1-3H3. The molecule has 0 bridgehead atoms. The lowest BCUT2D eigenvalue weighted by Crippen LogP contribution is -1.98. The Morgan fingerprint density at radius 3 is 2.78 bits per heavy atom. The Morgan fingerprint density at radius 2 is 1.94 bits per heavy atom. The van der Waals surface area contributed by atoms with Gasteiger partial charge in [-0.3, -0.25) is 0 Å². The molecular weight excluding hydrogens is 442 g/mol. The number of aromatic nitrogens is 5. The Kier molecular flexibility index (Phi) is 5.67. The molecule has 0 amide bonds. The number of benzene rings is 2. The van der Waals surface area contributed by atoms with E-state index >= 15 is 0 Å². The van der Waals surface area contributed by atoms with Gasteiger partial charge in [-0.1, -0.05) is 23.9 Å². The molecule has 3 heterocycles. The van der Waals surface area contributed by atoms with Crippen LogP contribution in [0.4, 0.5) is 0 Å². The normalized spacial score (nSPS) is 11.3. The van der Waals surface area contributed by atoms with Crippen molar-refractivity contribution in [2.75, 3.05) is 13.7 Å². The summed E-state index contributed by atoms with van der Waals surface area (Å²) in [5.74, 6) is 2.86. The minimum absolute atomic E-state index is 0.593. The van der Waals surface area contributed by atoms with Gasteiger partial charge in [0, 0.05) is 22.1 Å². The highest BCUT2D eigenvalue weighted by Crippen LogP contribution is 2.35. The lowest BCUT2D eigenvalue weighted by Gasteiger charge is -2.09. The van der Waals surface area contributed by atoms with E-state index in [-0.39, 0.29) is 0 Å². The summed E-state index contributed by atoms with van der Waals surface area (Å²) in [7, 11) is 1.65. The van der Waals surface area contributed by atoms with E-state index in [0.29, 0.717) is 18.1 Å². The molecule has 162 valence electrons. The predicted molar refractivity (Wildman–Crippen MR) is 128 cm³/mol. The third-order valence-corrected chi connectivity index (χ3v) is 6.77. The molecule has 0 aliphatic heterocycles. The Morgan fingerprint density at radius 1 is 1.06 bits per heavy atom. The molecule has 0 unspecified atom stereocenters. The first-order valence-corrected chi connectivity index (χ1v) is 12.0. The second-order valence-electron chi connectivity index (χ2n) is 7.04. The molecule has 0 atom stereocenters. The molecular formula is C23H21N5O2S2. The van der Waals surface area contributed by atoms with Crippen molar-refractivity contribution in [2.45, 2.75) is 24.8 Å². The van der Waals surface area contributed by atoms with Crippen molar-refractivity contribution in [2.24, 2.45) is 0 Å². The molecule has 5 aromatic rings. The average Bonchev–Trinajstić information content (AvgIpc) is 3.44. The molecule has 0 fully saturated rings. The number of ether oxygens (including phenoxy) is 2. The first-order valence-electron chi connectivity index (χ1n) is 10.2. The van der Waals surface area contributed by atoms with E-state index in [9.17, 15) is 0 Å². The van der Waals surface area contributed by atoms with E-state index in [0.717, 1.165) is 49.5 Å². The lowest BCUT2D eigenvalue weighted by atomic mass is 10.2. The van der Waals surface area contributed by atoms with Crippen LogP contribution in [0.15, 0.2) is 53.0 Å². The molecule has 0 aliphatic carbocycles. The number of thiazole rings is 1. The maximum Gasteiger partial charge on any atom is 0.191 e. The van der Waals surface area contributed by atoms with Crippen LogP contribution in [0.1, 0.15) is 18.4 Å². The zero-order chi connectivity index (χ0) is 22.1. The van der Waals surface area contributed by atoms with Crippen LogP contribution >= 0.6 is 23.1 Å². The van der Waals surface area contributed by atoms with Gasteiger partial charge in [0.1, 0.15) is 10.8 Å². The maximum absolute atomic E-state index is 5.61. The number of hydrogen-bond acceptors (Lipinski definition) is 8. The van der Waals surface area contributed by atoms with E-state index in [1.54, 1.807) is 30.2 Å². The molecule has 0 radical (unpaired) electrons. The van der Waals surface area contributed by atoms with Gasteiger partial charge in [-0.05, 0) is 44.2 Å². The van der Waals surface area contributed by atoms with E-state index in [2.05, 4.69) is 15.5 Å². The molecule has 2 aromatic carbocycles. The van der Waals surface area contributed by atoms with Crippen molar-refractivity contribution < 1.29 is 9.47 Å². The van der Waals surface area contributed by atoms with E-state index in [1.807, 2.05) is 60.8 Å². The van der Waals surface area contributed by atoms with Crippen molar-refractivity contribution in [1.29, 1.82) is 0 Å². The van der Waals surface area contributed by atoms with Crippen molar-refractivity contribution in [3.63, 3.8) is 0 Å². The fourth-order valence-corrected chi connectivity index (χ4v) is 5.21. The van der Waals surface area contributed by atoms with Gasteiger partial charge < -0.3 is 9.47 Å². The summed E-state index contributed by atoms with van der Waals surface area (Å²) in [5.41, 5.74) is 3.74. The smallest absolute Gasteiger partial charge is 0.191 e. The topological polar surface area (TPSA) is 74.4 Å². The van der Waals surface area contributed by atoms with Crippen molar-refractivity contribution in [1.82, 2.24) is 24.6 Å². The molecule has 0 N–H and O–H groups in total. The van der Waals surface area contributed by atoms with Gasteiger partial charge >= 0.3 is 0 Å². The van der Waals surface area contributed by atoms with Gasteiger partial charge in [0.25, 0.3) is 0 Å². The summed E-state index contributed by atoms with van der Waals surface area (Å²) in [6, 6.07) is 13.9. The lowest BCUT2D eigenvalue weighted by molar-refractivity contribution is 0.311. The molecule has 7 nitrogen and oxygen atoms in total. The molecule has 3 aromatic heterocycles. The third-order valence-electron chi connectivity index (χ3n) is 4.87. The second-order valence-corrected chi connectivity index (χ2v) is 8.84. The van der Waals surface area contributed by atoms with Crippen LogP contribution in [0.2, 0.25) is 0 Å². The number of aryl methyl sites for hydroxylation is 1. The predicted octanol–water partition coefficient (Wildman–Crippen LogP) is 5.41. The number of hydrogen-bond donors (Lipinski definition) is 0. The number of fused-ring (bicyclic) bond motifs is 3. The van der Waals surface area contributed by atoms with Gasteiger partial charge in [0.15, 0.2) is 22.3 Å². The van der Waals surface area contributed by atoms with Crippen LogP contribution in [0, 0.1) is 6.92 Å². The van der Waals surface area contributed by atoms with Crippen LogP contribution in [-0.2, 0) is 5.75 Å². The molecule has 0 saturated carbocycles. The zero-order valence-electron chi connectivity index (χ0n) is 17.9. The second kappa shape index (κ2) is 8.76. The summed E-state index contributed by atoms with van der Waals surface area (Å²) >= 11 is 3.22. The van der Waals surface area contributed by atoms with Crippen LogP contribution in [-0.4, -0.2) is 38.3 Å². The molecule has 0 spiro atoms. The zero-order valence-corrected chi connectivity index (χ0v) is 19.5. The number of thioether (sulfide) groups is 1. The van der Waals surface area contributed by atoms with Gasteiger partial charge in [-0.15, -0.1) is 16.4 Å². The average molecular weight is 464 g/mol. The highest BCUT2D eigenvalue weighted by molar-refractivity contribution is 7.98. The van der Waals surface area contributed by atoms with Crippen molar-refractivity contribution in [3.8, 4) is 22.1 Å². The van der Waals surface area contributed by atoms with E-state index in [4.69, 9.17) is 19.4 Å². The monoisotopic (exact) mass is 463 g/mol. The first kappa shape index (κ1) is 20.7. The minimum atomic E-state index is 0.593. The van der Waals surface area contributed by atoms with E-state index in [1.165, 1.54) is 0 Å². The van der Waals surface area contributed by atoms with Gasteiger partial charge in [-0.2, -0.15) is 4.52 Å². The summed E-state index contributed by atoms with van der Waals surface area (Å²) < 4.78 is 12.9. The summed E-state index contributed by atoms with van der Waals surface area (Å²) in [6.45, 7) is 4.45. The molecule has 9 heteroatoms. The minimum Gasteiger partial charge on any atom is -0.493 e. The summed E-state index contributed by atoms with van der Waals surface area (Å²) in [6.07, 6.45) is 0. The van der Waals surface area contributed by atoms with Crippen LogP contribution in [0.5, 0.6) is 11.5 Å². The van der Waals surface area contributed by atoms with Crippen molar-refractivity contribution in [3.05, 3.63) is 59.4 Å². The van der Waals surface area contributed by atoms with Crippen molar-refractivity contribution >= 4 is 39.6 Å². The van der Waals surface area contributed by atoms with Crippen LogP contribution in [0.25, 0.3) is 27.1 Å².